The van der Waals surface area contributed by atoms with Gasteiger partial charge in [-0.2, -0.15) is 0 Å². The van der Waals surface area contributed by atoms with Crippen molar-refractivity contribution in [3.8, 4) is 0 Å². The van der Waals surface area contributed by atoms with Crippen LogP contribution in [0.4, 0.5) is 0 Å². The summed E-state index contributed by atoms with van der Waals surface area (Å²) in [6.07, 6.45) is 2.64. The first-order valence-corrected chi connectivity index (χ1v) is 9.62. The molecule has 0 bridgehead atoms. The number of ether oxygens (including phenoxy) is 1. The second kappa shape index (κ2) is 7.57. The van der Waals surface area contributed by atoms with Gasteiger partial charge in [0.05, 0.1) is 17.1 Å². The number of sulfone groups is 1. The third-order valence-corrected chi connectivity index (χ3v) is 7.09. The standard InChI is InChI=1S/C16H28O5S/c1-5-21-15(18)10-14(17)13-8-6-12(7-9-13)11-22(19,20)16(2,3)4/h12-13H,5-11H2,1-4H3. The molecule has 0 atom stereocenters. The highest BCUT2D eigenvalue weighted by Crippen LogP contribution is 2.32. The average Bonchev–Trinajstić information content (AvgIpc) is 2.37. The molecule has 0 unspecified atom stereocenters. The summed E-state index contributed by atoms with van der Waals surface area (Å²) in [6, 6.07) is 0. The maximum atomic E-state index is 12.2. The van der Waals surface area contributed by atoms with E-state index in [0.29, 0.717) is 12.8 Å². The Morgan fingerprint density at radius 2 is 1.64 bits per heavy atom. The predicted molar refractivity (Wildman–Crippen MR) is 85.2 cm³/mol. The van der Waals surface area contributed by atoms with E-state index in [-0.39, 0.29) is 36.4 Å². The van der Waals surface area contributed by atoms with Crippen LogP contribution in [0.5, 0.6) is 0 Å². The lowest BCUT2D eigenvalue weighted by Gasteiger charge is -2.29. The molecule has 0 N–H and O–H groups in total. The lowest BCUT2D eigenvalue weighted by atomic mass is 9.80. The Hall–Kier alpha value is -0.910. The van der Waals surface area contributed by atoms with E-state index in [9.17, 15) is 18.0 Å². The summed E-state index contributed by atoms with van der Waals surface area (Å²) in [5, 5.41) is 0. The van der Waals surface area contributed by atoms with Crippen molar-refractivity contribution in [2.24, 2.45) is 11.8 Å². The minimum Gasteiger partial charge on any atom is -0.466 e. The topological polar surface area (TPSA) is 77.5 Å². The highest BCUT2D eigenvalue weighted by Gasteiger charge is 2.34. The van der Waals surface area contributed by atoms with Crippen LogP contribution in [0.25, 0.3) is 0 Å². The first-order chi connectivity index (χ1) is 10.1. The van der Waals surface area contributed by atoms with Crippen molar-refractivity contribution in [2.75, 3.05) is 12.4 Å². The van der Waals surface area contributed by atoms with Gasteiger partial charge < -0.3 is 4.74 Å². The van der Waals surface area contributed by atoms with Crippen LogP contribution in [-0.2, 0) is 24.2 Å². The Kier molecular flexibility index (Phi) is 6.59. The molecule has 0 aromatic heterocycles. The smallest absolute Gasteiger partial charge is 0.313 e. The van der Waals surface area contributed by atoms with Crippen molar-refractivity contribution in [1.29, 1.82) is 0 Å². The molecular weight excluding hydrogens is 304 g/mol. The van der Waals surface area contributed by atoms with E-state index in [2.05, 4.69) is 0 Å². The molecule has 1 saturated carbocycles. The number of esters is 1. The molecule has 0 radical (unpaired) electrons. The Labute approximate surface area is 133 Å². The van der Waals surface area contributed by atoms with Crippen LogP contribution in [0.2, 0.25) is 0 Å². The van der Waals surface area contributed by atoms with Crippen molar-refractivity contribution in [3.05, 3.63) is 0 Å². The van der Waals surface area contributed by atoms with Gasteiger partial charge in [-0.05, 0) is 59.3 Å². The van der Waals surface area contributed by atoms with E-state index in [1.54, 1.807) is 27.7 Å². The fourth-order valence-electron chi connectivity index (χ4n) is 2.71. The minimum atomic E-state index is -3.12. The van der Waals surface area contributed by atoms with E-state index in [1.165, 1.54) is 0 Å². The number of hydrogen-bond acceptors (Lipinski definition) is 5. The van der Waals surface area contributed by atoms with Gasteiger partial charge in [-0.15, -0.1) is 0 Å². The molecule has 5 nitrogen and oxygen atoms in total. The zero-order valence-electron chi connectivity index (χ0n) is 14.1. The van der Waals surface area contributed by atoms with Gasteiger partial charge in [-0.1, -0.05) is 0 Å². The summed E-state index contributed by atoms with van der Waals surface area (Å²) in [7, 11) is -3.12. The van der Waals surface area contributed by atoms with Crippen molar-refractivity contribution in [3.63, 3.8) is 0 Å². The number of ketones is 1. The Morgan fingerprint density at radius 1 is 1.09 bits per heavy atom. The van der Waals surface area contributed by atoms with Gasteiger partial charge in [0.2, 0.25) is 0 Å². The predicted octanol–water partition coefficient (Wildman–Crippen LogP) is 2.53. The van der Waals surface area contributed by atoms with Gasteiger partial charge in [0, 0.05) is 5.92 Å². The number of Topliss-reactive ketones (excluding diaryl/α,β-unsaturated/α-hetero) is 1. The Bertz CT molecular complexity index is 493. The van der Waals surface area contributed by atoms with Gasteiger partial charge >= 0.3 is 5.97 Å². The first-order valence-electron chi connectivity index (χ1n) is 7.97. The zero-order chi connectivity index (χ0) is 17.0. The molecule has 1 rings (SSSR count). The monoisotopic (exact) mass is 332 g/mol. The molecule has 1 aliphatic rings. The third-order valence-electron chi connectivity index (χ3n) is 4.31. The molecule has 128 valence electrons. The van der Waals surface area contributed by atoms with Crippen LogP contribution in [0.3, 0.4) is 0 Å². The van der Waals surface area contributed by atoms with Crippen LogP contribution in [0.1, 0.15) is 59.8 Å². The van der Waals surface area contributed by atoms with Gasteiger partial charge in [0.15, 0.2) is 9.84 Å². The third kappa shape index (κ3) is 5.38. The van der Waals surface area contributed by atoms with E-state index in [1.807, 2.05) is 0 Å². The second-order valence-electron chi connectivity index (χ2n) is 7.06. The average molecular weight is 332 g/mol. The number of carbonyl (C=O) groups excluding carboxylic acids is 2. The largest absolute Gasteiger partial charge is 0.466 e. The molecular formula is C16H28O5S. The molecule has 0 aliphatic heterocycles. The fourth-order valence-corrected chi connectivity index (χ4v) is 4.16. The SMILES string of the molecule is CCOC(=O)CC(=O)C1CCC(CS(=O)(=O)C(C)(C)C)CC1. The van der Waals surface area contributed by atoms with Crippen LogP contribution in [0.15, 0.2) is 0 Å². The molecule has 0 aromatic carbocycles. The van der Waals surface area contributed by atoms with Gasteiger partial charge in [-0.3, -0.25) is 9.59 Å². The summed E-state index contributed by atoms with van der Waals surface area (Å²) in [5.41, 5.74) is 0. The van der Waals surface area contributed by atoms with Gasteiger partial charge in [0.1, 0.15) is 12.2 Å². The van der Waals surface area contributed by atoms with Gasteiger partial charge in [0.25, 0.3) is 0 Å². The number of carbonyl (C=O) groups is 2. The lowest BCUT2D eigenvalue weighted by Crippen LogP contribution is -2.35. The molecule has 0 aromatic rings. The normalized spacial score (nSPS) is 23.1. The van der Waals surface area contributed by atoms with Crippen LogP contribution in [-0.4, -0.2) is 37.3 Å². The van der Waals surface area contributed by atoms with Crippen molar-refractivity contribution in [1.82, 2.24) is 0 Å². The van der Waals surface area contributed by atoms with Crippen LogP contribution in [0, 0.1) is 11.8 Å². The van der Waals surface area contributed by atoms with Crippen molar-refractivity contribution >= 4 is 21.6 Å². The van der Waals surface area contributed by atoms with Crippen molar-refractivity contribution < 1.29 is 22.7 Å². The van der Waals surface area contributed by atoms with Crippen LogP contribution < -0.4 is 0 Å². The second-order valence-corrected chi connectivity index (χ2v) is 9.85. The molecule has 1 fully saturated rings. The van der Waals surface area contributed by atoms with E-state index < -0.39 is 20.6 Å². The molecule has 22 heavy (non-hydrogen) atoms. The Morgan fingerprint density at radius 3 is 2.09 bits per heavy atom. The molecule has 0 heterocycles. The quantitative estimate of drug-likeness (QED) is 0.552. The molecule has 1 aliphatic carbocycles. The first kappa shape index (κ1) is 19.1. The summed E-state index contributed by atoms with van der Waals surface area (Å²) in [6.45, 7) is 7.15. The molecule has 0 amide bonds. The molecule has 0 saturated heterocycles. The highest BCUT2D eigenvalue weighted by molar-refractivity contribution is 7.92. The van der Waals surface area contributed by atoms with E-state index in [0.717, 1.165) is 12.8 Å². The fraction of sp³-hybridized carbons (Fsp3) is 0.875. The van der Waals surface area contributed by atoms with Crippen LogP contribution >= 0.6 is 0 Å². The number of rotatable bonds is 6. The lowest BCUT2D eigenvalue weighted by molar-refractivity contribution is -0.146. The van der Waals surface area contributed by atoms with E-state index in [4.69, 9.17) is 4.74 Å². The summed E-state index contributed by atoms with van der Waals surface area (Å²) in [5.74, 6) is -0.357. The highest BCUT2D eigenvalue weighted by atomic mass is 32.2. The summed E-state index contributed by atoms with van der Waals surface area (Å²) in [4.78, 5) is 23.4. The maximum Gasteiger partial charge on any atom is 0.313 e. The Balaban J connectivity index is 2.47. The summed E-state index contributed by atoms with van der Waals surface area (Å²) >= 11 is 0. The summed E-state index contributed by atoms with van der Waals surface area (Å²) < 4.78 is 28.5. The zero-order valence-corrected chi connectivity index (χ0v) is 14.9. The molecule has 6 heteroatoms. The van der Waals surface area contributed by atoms with E-state index >= 15 is 0 Å². The molecule has 0 spiro atoms. The minimum absolute atomic E-state index is 0.0735. The number of hydrogen-bond donors (Lipinski definition) is 0. The maximum absolute atomic E-state index is 12.2. The van der Waals surface area contributed by atoms with Gasteiger partial charge in [-0.25, -0.2) is 8.42 Å². The van der Waals surface area contributed by atoms with Crippen molar-refractivity contribution in [2.45, 2.75) is 64.5 Å².